The zero-order chi connectivity index (χ0) is 19.7. The van der Waals surface area contributed by atoms with Crippen LogP contribution in [0.5, 0.6) is 0 Å². The summed E-state index contributed by atoms with van der Waals surface area (Å²) in [7, 11) is 1.25. The van der Waals surface area contributed by atoms with Crippen molar-refractivity contribution >= 4 is 35.5 Å². The Kier molecular flexibility index (Phi) is 8.85. The number of carbonyl (C=O) groups excluding carboxylic acids is 3. The number of methoxy groups -OCH3 is 1. The maximum atomic E-state index is 11.9. The summed E-state index contributed by atoms with van der Waals surface area (Å²) in [6.07, 6.45) is 3.18. The maximum Gasteiger partial charge on any atom is 0.331 e. The van der Waals surface area contributed by atoms with Gasteiger partial charge in [-0.05, 0) is 42.5 Å². The topological polar surface area (TPSA) is 81.7 Å². The van der Waals surface area contributed by atoms with E-state index in [9.17, 15) is 14.4 Å². The molecule has 0 aliphatic carbocycles. The number of esters is 2. The molecule has 142 valence electrons. The van der Waals surface area contributed by atoms with Crippen LogP contribution in [0.1, 0.15) is 31.4 Å². The van der Waals surface area contributed by atoms with Gasteiger partial charge in [0.1, 0.15) is 6.04 Å². The van der Waals surface area contributed by atoms with Crippen molar-refractivity contribution in [1.82, 2.24) is 5.32 Å². The lowest BCUT2D eigenvalue weighted by atomic mass is 10.0. The number of nitrogens with one attached hydrogen (secondary N) is 1. The standard InChI is InChI=1S/C19H24ClNO5/c1-12(2)9-16(19(24)25-4)21-17(22)11-26-18(23)8-7-14-6-5-13(3)15(20)10-14/h5-8,10,12,16H,9,11H2,1-4H3,(H,21,22)/b8-7+/t16-/m0/s1. The minimum Gasteiger partial charge on any atom is -0.467 e. The average molecular weight is 382 g/mol. The van der Waals surface area contributed by atoms with Gasteiger partial charge < -0.3 is 14.8 Å². The molecule has 0 aromatic heterocycles. The predicted molar refractivity (Wildman–Crippen MR) is 99.6 cm³/mol. The highest BCUT2D eigenvalue weighted by atomic mass is 35.5. The molecule has 0 aliphatic rings. The van der Waals surface area contributed by atoms with Gasteiger partial charge in [-0.3, -0.25) is 4.79 Å². The molecule has 0 aliphatic heterocycles. The fourth-order valence-electron chi connectivity index (χ4n) is 2.13. The van der Waals surface area contributed by atoms with Gasteiger partial charge in [0.05, 0.1) is 7.11 Å². The maximum absolute atomic E-state index is 11.9. The molecule has 6 nitrogen and oxygen atoms in total. The Labute approximate surface area is 158 Å². The van der Waals surface area contributed by atoms with E-state index in [-0.39, 0.29) is 5.92 Å². The highest BCUT2D eigenvalue weighted by molar-refractivity contribution is 6.31. The van der Waals surface area contributed by atoms with Gasteiger partial charge in [-0.2, -0.15) is 0 Å². The first-order valence-electron chi connectivity index (χ1n) is 8.21. The van der Waals surface area contributed by atoms with Gasteiger partial charge in [0.15, 0.2) is 6.61 Å². The van der Waals surface area contributed by atoms with Crippen molar-refractivity contribution in [2.45, 2.75) is 33.2 Å². The van der Waals surface area contributed by atoms with E-state index >= 15 is 0 Å². The minimum absolute atomic E-state index is 0.186. The molecule has 0 fully saturated rings. The van der Waals surface area contributed by atoms with Crippen LogP contribution in [-0.2, 0) is 23.9 Å². The van der Waals surface area contributed by atoms with Gasteiger partial charge in [0.2, 0.25) is 0 Å². The Morgan fingerprint density at radius 2 is 1.96 bits per heavy atom. The molecule has 26 heavy (non-hydrogen) atoms. The molecule has 0 saturated heterocycles. The molecular weight excluding hydrogens is 358 g/mol. The Morgan fingerprint density at radius 3 is 2.54 bits per heavy atom. The van der Waals surface area contributed by atoms with Crippen LogP contribution in [0.25, 0.3) is 6.08 Å². The Balaban J connectivity index is 2.52. The number of aryl methyl sites for hydroxylation is 1. The number of benzene rings is 1. The van der Waals surface area contributed by atoms with E-state index in [2.05, 4.69) is 10.1 Å². The number of halogens is 1. The summed E-state index contributed by atoms with van der Waals surface area (Å²) in [5.74, 6) is -1.59. The molecule has 1 aromatic carbocycles. The SMILES string of the molecule is COC(=O)[C@H](CC(C)C)NC(=O)COC(=O)/C=C/c1ccc(C)c(Cl)c1. The number of rotatable bonds is 8. The Morgan fingerprint density at radius 1 is 1.27 bits per heavy atom. The summed E-state index contributed by atoms with van der Waals surface area (Å²) in [6.45, 7) is 5.24. The second kappa shape index (κ2) is 10.6. The molecule has 0 heterocycles. The molecular formula is C19H24ClNO5. The van der Waals surface area contributed by atoms with Crippen LogP contribution in [0.3, 0.4) is 0 Å². The van der Waals surface area contributed by atoms with Crippen LogP contribution >= 0.6 is 11.6 Å². The van der Waals surface area contributed by atoms with E-state index in [1.807, 2.05) is 32.9 Å². The van der Waals surface area contributed by atoms with Crippen molar-refractivity contribution in [3.8, 4) is 0 Å². The summed E-state index contributed by atoms with van der Waals surface area (Å²) >= 11 is 6.01. The van der Waals surface area contributed by atoms with Crippen molar-refractivity contribution in [3.05, 3.63) is 40.4 Å². The molecule has 7 heteroatoms. The second-order valence-corrected chi connectivity index (χ2v) is 6.63. The van der Waals surface area contributed by atoms with E-state index in [0.29, 0.717) is 11.4 Å². The number of amides is 1. The van der Waals surface area contributed by atoms with Crippen molar-refractivity contribution in [3.63, 3.8) is 0 Å². The van der Waals surface area contributed by atoms with E-state index in [4.69, 9.17) is 16.3 Å². The predicted octanol–water partition coefficient (Wildman–Crippen LogP) is 2.91. The highest BCUT2D eigenvalue weighted by Crippen LogP contribution is 2.17. The first-order chi connectivity index (χ1) is 12.2. The quantitative estimate of drug-likeness (QED) is 0.553. The van der Waals surface area contributed by atoms with Gasteiger partial charge in [-0.15, -0.1) is 0 Å². The third-order valence-corrected chi connectivity index (χ3v) is 3.89. The van der Waals surface area contributed by atoms with Gasteiger partial charge in [0.25, 0.3) is 5.91 Å². The van der Waals surface area contributed by atoms with Gasteiger partial charge in [-0.25, -0.2) is 9.59 Å². The van der Waals surface area contributed by atoms with Crippen molar-refractivity contribution in [2.24, 2.45) is 5.92 Å². The van der Waals surface area contributed by atoms with Crippen LogP contribution in [0.15, 0.2) is 24.3 Å². The Bertz CT molecular complexity index is 685. The fourth-order valence-corrected chi connectivity index (χ4v) is 2.31. The van der Waals surface area contributed by atoms with Crippen LogP contribution in [0, 0.1) is 12.8 Å². The second-order valence-electron chi connectivity index (χ2n) is 6.22. The van der Waals surface area contributed by atoms with Gasteiger partial charge in [0, 0.05) is 11.1 Å². The largest absolute Gasteiger partial charge is 0.467 e. The molecule has 0 saturated carbocycles. The third kappa shape index (κ3) is 7.70. The monoisotopic (exact) mass is 381 g/mol. The Hall–Kier alpha value is -2.34. The molecule has 1 aromatic rings. The normalized spacial score (nSPS) is 12.1. The highest BCUT2D eigenvalue weighted by Gasteiger charge is 2.22. The minimum atomic E-state index is -0.767. The average Bonchev–Trinajstić information content (AvgIpc) is 2.59. The van der Waals surface area contributed by atoms with Crippen LogP contribution < -0.4 is 5.32 Å². The summed E-state index contributed by atoms with van der Waals surface area (Å²) in [5, 5.41) is 3.11. The lowest BCUT2D eigenvalue weighted by Crippen LogP contribution is -2.44. The lowest BCUT2D eigenvalue weighted by molar-refractivity contribution is -0.148. The van der Waals surface area contributed by atoms with Crippen LogP contribution in [0.2, 0.25) is 5.02 Å². The zero-order valence-electron chi connectivity index (χ0n) is 15.4. The smallest absolute Gasteiger partial charge is 0.331 e. The summed E-state index contributed by atoms with van der Waals surface area (Å²) < 4.78 is 9.54. The molecule has 0 radical (unpaired) electrons. The van der Waals surface area contributed by atoms with E-state index in [0.717, 1.165) is 11.1 Å². The molecule has 1 amide bonds. The molecule has 0 bridgehead atoms. The molecule has 1 atom stereocenters. The lowest BCUT2D eigenvalue weighted by Gasteiger charge is -2.18. The van der Waals surface area contributed by atoms with Gasteiger partial charge in [-0.1, -0.05) is 37.6 Å². The summed E-state index contributed by atoms with van der Waals surface area (Å²) in [5.41, 5.74) is 1.68. The summed E-state index contributed by atoms with van der Waals surface area (Å²) in [4.78, 5) is 35.3. The van der Waals surface area contributed by atoms with Crippen molar-refractivity contribution in [1.29, 1.82) is 0 Å². The molecule has 0 unspecified atom stereocenters. The summed E-state index contributed by atoms with van der Waals surface area (Å²) in [6, 6.07) is 4.60. The van der Waals surface area contributed by atoms with E-state index in [1.165, 1.54) is 13.2 Å². The van der Waals surface area contributed by atoms with E-state index in [1.54, 1.807) is 12.1 Å². The first-order valence-corrected chi connectivity index (χ1v) is 8.59. The van der Waals surface area contributed by atoms with Crippen LogP contribution in [-0.4, -0.2) is 37.6 Å². The number of ether oxygens (including phenoxy) is 2. The fraction of sp³-hybridized carbons (Fsp3) is 0.421. The van der Waals surface area contributed by atoms with E-state index < -0.39 is 30.5 Å². The number of hydrogen-bond donors (Lipinski definition) is 1. The first kappa shape index (κ1) is 21.7. The van der Waals surface area contributed by atoms with Crippen molar-refractivity contribution < 1.29 is 23.9 Å². The van der Waals surface area contributed by atoms with Gasteiger partial charge >= 0.3 is 11.9 Å². The third-order valence-electron chi connectivity index (χ3n) is 3.48. The zero-order valence-corrected chi connectivity index (χ0v) is 16.1. The van der Waals surface area contributed by atoms with Crippen LogP contribution in [0.4, 0.5) is 0 Å². The molecule has 1 rings (SSSR count). The molecule has 0 spiro atoms. The number of hydrogen-bond acceptors (Lipinski definition) is 5. The molecule has 1 N–H and O–H groups in total. The van der Waals surface area contributed by atoms with Crippen molar-refractivity contribution in [2.75, 3.05) is 13.7 Å². The number of carbonyl (C=O) groups is 3.